The Morgan fingerprint density at radius 3 is 2.70 bits per heavy atom. The van der Waals surface area contributed by atoms with Crippen LogP contribution in [0, 0.1) is 11.3 Å². The molecule has 4 aromatic rings. The normalized spacial score (nSPS) is 16.0. The standard InChI is InChI=1S/C35H34ClN5O5/c1-43-26-5-2-23(3-6-26)20-45-32-7-4-25(15-29(32)36)40-35-24(18-37)19-39-30-17-33(46-27-10-13-44-21-27)31(16-28(30)35)41-34(42)14-22-8-11-38-12-9-22/h2-7,14-17,19,27,38H,8-13,20-21H2,1H3,(H,39,40)(H,41,42). The van der Waals surface area contributed by atoms with Crippen molar-refractivity contribution in [2.75, 3.05) is 44.0 Å². The molecule has 46 heavy (non-hydrogen) atoms. The summed E-state index contributed by atoms with van der Waals surface area (Å²) in [5.74, 6) is 1.55. The Morgan fingerprint density at radius 1 is 1.15 bits per heavy atom. The first-order valence-corrected chi connectivity index (χ1v) is 15.5. The molecule has 6 rings (SSSR count). The fraction of sp³-hybridized carbons (Fsp3) is 0.286. The number of fused-ring (bicyclic) bond motifs is 1. The lowest BCUT2D eigenvalue weighted by Gasteiger charge is -2.19. The zero-order chi connectivity index (χ0) is 31.9. The van der Waals surface area contributed by atoms with E-state index in [-0.39, 0.29) is 12.0 Å². The van der Waals surface area contributed by atoms with E-state index in [9.17, 15) is 10.1 Å². The number of nitrogens with one attached hydrogen (secondary N) is 3. The van der Waals surface area contributed by atoms with E-state index in [0.717, 1.165) is 49.2 Å². The minimum atomic E-state index is -0.236. The second-order valence-electron chi connectivity index (χ2n) is 11.1. The van der Waals surface area contributed by atoms with Gasteiger partial charge in [0.15, 0.2) is 0 Å². The molecule has 2 aliphatic heterocycles. The molecule has 0 radical (unpaired) electrons. The smallest absolute Gasteiger partial charge is 0.248 e. The highest BCUT2D eigenvalue weighted by Crippen LogP contribution is 2.38. The number of amides is 1. The highest BCUT2D eigenvalue weighted by atomic mass is 35.5. The van der Waals surface area contributed by atoms with E-state index in [1.54, 1.807) is 37.5 Å². The summed E-state index contributed by atoms with van der Waals surface area (Å²) in [6, 6.07) is 18.8. The number of piperidine rings is 1. The van der Waals surface area contributed by atoms with Crippen molar-refractivity contribution in [2.45, 2.75) is 32.0 Å². The third kappa shape index (κ3) is 7.51. The van der Waals surface area contributed by atoms with Crippen molar-refractivity contribution in [1.82, 2.24) is 10.3 Å². The first kappa shape index (κ1) is 31.2. The maximum Gasteiger partial charge on any atom is 0.248 e. The van der Waals surface area contributed by atoms with Crippen LogP contribution in [0.3, 0.4) is 0 Å². The Balaban J connectivity index is 1.28. The molecule has 1 amide bonds. The van der Waals surface area contributed by atoms with E-state index < -0.39 is 0 Å². The number of nitrogens with zero attached hydrogens (tertiary/aromatic N) is 2. The maximum absolute atomic E-state index is 13.1. The molecule has 236 valence electrons. The predicted molar refractivity (Wildman–Crippen MR) is 177 cm³/mol. The van der Waals surface area contributed by atoms with E-state index in [2.05, 4.69) is 27.0 Å². The molecule has 0 aliphatic carbocycles. The van der Waals surface area contributed by atoms with Gasteiger partial charge in [0.1, 0.15) is 36.0 Å². The zero-order valence-electron chi connectivity index (χ0n) is 25.4. The lowest BCUT2D eigenvalue weighted by molar-refractivity contribution is -0.112. The molecule has 0 saturated carbocycles. The number of ether oxygens (including phenoxy) is 4. The number of carbonyl (C=O) groups excluding carboxylic acids is 1. The Labute approximate surface area is 272 Å². The van der Waals surface area contributed by atoms with E-state index in [1.165, 1.54) is 6.20 Å². The Morgan fingerprint density at radius 2 is 1.98 bits per heavy atom. The fourth-order valence-electron chi connectivity index (χ4n) is 5.39. The van der Waals surface area contributed by atoms with E-state index in [0.29, 0.717) is 69.9 Å². The average molecular weight is 640 g/mol. The Hall–Kier alpha value is -4.82. The molecule has 10 nitrogen and oxygen atoms in total. The van der Waals surface area contributed by atoms with E-state index >= 15 is 0 Å². The molecule has 3 aromatic carbocycles. The molecule has 2 saturated heterocycles. The number of anilines is 3. The van der Waals surface area contributed by atoms with Gasteiger partial charge in [-0.25, -0.2) is 0 Å². The summed E-state index contributed by atoms with van der Waals surface area (Å²) in [4.78, 5) is 17.7. The number of carbonyl (C=O) groups is 1. The number of rotatable bonds is 10. The fourth-order valence-corrected chi connectivity index (χ4v) is 5.62. The Kier molecular flexibility index (Phi) is 9.84. The summed E-state index contributed by atoms with van der Waals surface area (Å²) >= 11 is 6.62. The summed E-state index contributed by atoms with van der Waals surface area (Å²) in [6.45, 7) is 3.12. The van der Waals surface area contributed by atoms with Gasteiger partial charge in [-0.3, -0.25) is 9.78 Å². The lowest BCUT2D eigenvalue weighted by atomic mass is 10.0. The molecule has 1 atom stereocenters. The third-order valence-corrected chi connectivity index (χ3v) is 8.16. The summed E-state index contributed by atoms with van der Waals surface area (Å²) in [5.41, 5.74) is 4.64. The highest BCUT2D eigenvalue weighted by Gasteiger charge is 2.22. The van der Waals surface area contributed by atoms with Crippen LogP contribution in [0.2, 0.25) is 5.02 Å². The van der Waals surface area contributed by atoms with Gasteiger partial charge in [0.05, 0.1) is 47.8 Å². The van der Waals surface area contributed by atoms with Gasteiger partial charge in [0.25, 0.3) is 0 Å². The van der Waals surface area contributed by atoms with Gasteiger partial charge >= 0.3 is 0 Å². The number of aromatic nitrogens is 1. The number of nitriles is 1. The van der Waals surface area contributed by atoms with Gasteiger partial charge < -0.3 is 34.9 Å². The molecule has 2 aliphatic rings. The summed E-state index contributed by atoms with van der Waals surface area (Å²) in [6.07, 6.45) is 5.43. The van der Waals surface area contributed by atoms with Crippen molar-refractivity contribution in [3.8, 4) is 23.3 Å². The van der Waals surface area contributed by atoms with Crippen molar-refractivity contribution in [3.63, 3.8) is 0 Å². The van der Waals surface area contributed by atoms with Gasteiger partial charge in [0, 0.05) is 35.8 Å². The van der Waals surface area contributed by atoms with Crippen LogP contribution in [0.25, 0.3) is 10.9 Å². The van der Waals surface area contributed by atoms with Gasteiger partial charge in [-0.2, -0.15) is 5.26 Å². The molecular formula is C35H34ClN5O5. The van der Waals surface area contributed by atoms with Gasteiger partial charge in [-0.15, -0.1) is 0 Å². The van der Waals surface area contributed by atoms with Crippen molar-refractivity contribution in [2.24, 2.45) is 0 Å². The van der Waals surface area contributed by atoms with Crippen LogP contribution in [0.15, 0.2) is 72.4 Å². The number of benzene rings is 3. The van der Waals surface area contributed by atoms with Gasteiger partial charge in [-0.05, 0) is 67.9 Å². The number of halogens is 1. The number of hydrogen-bond acceptors (Lipinski definition) is 9. The molecule has 0 spiro atoms. The second-order valence-corrected chi connectivity index (χ2v) is 11.5. The minimum Gasteiger partial charge on any atom is -0.497 e. The molecule has 0 bridgehead atoms. The molecule has 1 unspecified atom stereocenters. The van der Waals surface area contributed by atoms with Crippen molar-refractivity contribution in [1.29, 1.82) is 5.26 Å². The number of hydrogen-bond donors (Lipinski definition) is 3. The summed E-state index contributed by atoms with van der Waals surface area (Å²) < 4.78 is 23.0. The minimum absolute atomic E-state index is 0.139. The van der Waals surface area contributed by atoms with Crippen LogP contribution in [0.1, 0.15) is 30.4 Å². The van der Waals surface area contributed by atoms with Crippen molar-refractivity contribution < 1.29 is 23.7 Å². The highest BCUT2D eigenvalue weighted by molar-refractivity contribution is 6.32. The van der Waals surface area contributed by atoms with Crippen molar-refractivity contribution in [3.05, 3.63) is 88.6 Å². The molecule has 3 N–H and O–H groups in total. The predicted octanol–water partition coefficient (Wildman–Crippen LogP) is 6.51. The number of methoxy groups -OCH3 is 1. The number of pyridine rings is 1. The average Bonchev–Trinajstić information content (AvgIpc) is 3.59. The topological polar surface area (TPSA) is 127 Å². The second kappa shape index (κ2) is 14.5. The monoisotopic (exact) mass is 639 g/mol. The van der Waals surface area contributed by atoms with Crippen LogP contribution < -0.4 is 30.2 Å². The van der Waals surface area contributed by atoms with E-state index in [1.807, 2.05) is 30.3 Å². The molecule has 2 fully saturated rings. The summed E-state index contributed by atoms with van der Waals surface area (Å²) in [7, 11) is 1.62. The SMILES string of the molecule is COc1ccc(COc2ccc(Nc3c(C#N)cnc4cc(OC5CCOC5)c(NC(=O)C=C5CCNCC5)cc34)cc2Cl)cc1. The summed E-state index contributed by atoms with van der Waals surface area (Å²) in [5, 5.41) is 20.7. The zero-order valence-corrected chi connectivity index (χ0v) is 26.2. The Bertz CT molecular complexity index is 1790. The maximum atomic E-state index is 13.1. The largest absolute Gasteiger partial charge is 0.497 e. The van der Waals surface area contributed by atoms with Gasteiger partial charge in [0.2, 0.25) is 5.91 Å². The van der Waals surface area contributed by atoms with Crippen LogP contribution >= 0.6 is 11.6 Å². The first-order chi connectivity index (χ1) is 22.5. The van der Waals surface area contributed by atoms with Crippen LogP contribution in [0.4, 0.5) is 17.1 Å². The van der Waals surface area contributed by atoms with Crippen LogP contribution in [0.5, 0.6) is 17.2 Å². The van der Waals surface area contributed by atoms with Crippen LogP contribution in [-0.4, -0.2) is 50.4 Å². The third-order valence-electron chi connectivity index (χ3n) is 7.86. The molecule has 11 heteroatoms. The van der Waals surface area contributed by atoms with Crippen molar-refractivity contribution >= 4 is 45.5 Å². The molecule has 1 aromatic heterocycles. The molecular weight excluding hydrogens is 606 g/mol. The molecule has 3 heterocycles. The van der Waals surface area contributed by atoms with E-state index in [4.69, 9.17) is 30.5 Å². The lowest BCUT2D eigenvalue weighted by Crippen LogP contribution is -2.24. The van der Waals surface area contributed by atoms with Crippen LogP contribution in [-0.2, 0) is 16.1 Å². The van der Waals surface area contributed by atoms with Gasteiger partial charge in [-0.1, -0.05) is 29.3 Å². The first-order valence-electron chi connectivity index (χ1n) is 15.1. The quantitative estimate of drug-likeness (QED) is 0.167.